The van der Waals surface area contributed by atoms with Gasteiger partial charge in [-0.2, -0.15) is 5.10 Å². The molecule has 0 spiro atoms. The third-order valence-electron chi connectivity index (χ3n) is 5.15. The SMILES string of the molecule is C[C@H](O)C(=O)N1N=C(c2cc(F)ccc2F)SC1(CCCN=C(N)N(C)C)c1ccccc1. The first-order valence-electron chi connectivity index (χ1n) is 10.4. The van der Waals surface area contributed by atoms with E-state index in [2.05, 4.69) is 10.1 Å². The minimum atomic E-state index is -1.34. The van der Waals surface area contributed by atoms with Crippen LogP contribution in [0.3, 0.4) is 0 Å². The average Bonchev–Trinajstić information content (AvgIpc) is 3.18. The van der Waals surface area contributed by atoms with Crippen molar-refractivity contribution >= 4 is 28.7 Å². The van der Waals surface area contributed by atoms with Crippen LogP contribution in [0.2, 0.25) is 0 Å². The molecule has 33 heavy (non-hydrogen) atoms. The summed E-state index contributed by atoms with van der Waals surface area (Å²) in [7, 11) is 3.57. The van der Waals surface area contributed by atoms with Gasteiger partial charge in [-0.25, -0.2) is 13.8 Å². The number of amides is 1. The number of aliphatic imine (C=N–C) groups is 1. The molecule has 7 nitrogen and oxygen atoms in total. The van der Waals surface area contributed by atoms with Gasteiger partial charge in [0.1, 0.15) is 27.7 Å². The van der Waals surface area contributed by atoms with Crippen LogP contribution in [0.15, 0.2) is 58.6 Å². The molecule has 1 amide bonds. The number of guanidine groups is 1. The molecule has 0 saturated heterocycles. The summed E-state index contributed by atoms with van der Waals surface area (Å²) < 4.78 is 28.5. The van der Waals surface area contributed by atoms with E-state index in [1.807, 2.05) is 30.3 Å². The maximum atomic E-state index is 14.6. The van der Waals surface area contributed by atoms with Crippen LogP contribution in [0.25, 0.3) is 0 Å². The molecule has 3 rings (SSSR count). The van der Waals surface area contributed by atoms with E-state index in [4.69, 9.17) is 5.73 Å². The van der Waals surface area contributed by atoms with Gasteiger partial charge in [-0.15, -0.1) is 0 Å². The van der Waals surface area contributed by atoms with Crippen LogP contribution in [0.5, 0.6) is 0 Å². The van der Waals surface area contributed by atoms with Crippen LogP contribution in [-0.2, 0) is 9.67 Å². The molecular weight excluding hydrogens is 448 g/mol. The summed E-state index contributed by atoms with van der Waals surface area (Å²) in [4.78, 5) is 18.0. The summed E-state index contributed by atoms with van der Waals surface area (Å²) in [5, 5.41) is 15.8. The number of aliphatic hydroxyl groups is 1. The predicted molar refractivity (Wildman–Crippen MR) is 127 cm³/mol. The number of carbonyl (C=O) groups excluding carboxylic acids is 1. The Labute approximate surface area is 196 Å². The normalized spacial score (nSPS) is 19.4. The molecule has 2 aromatic carbocycles. The van der Waals surface area contributed by atoms with Gasteiger partial charge >= 0.3 is 0 Å². The van der Waals surface area contributed by atoms with Gasteiger partial charge in [0.15, 0.2) is 5.96 Å². The van der Waals surface area contributed by atoms with Crippen molar-refractivity contribution in [3.63, 3.8) is 0 Å². The Morgan fingerprint density at radius 2 is 1.97 bits per heavy atom. The molecule has 10 heteroatoms. The number of halogens is 2. The second-order valence-electron chi connectivity index (χ2n) is 7.85. The number of thioether (sulfide) groups is 1. The Morgan fingerprint density at radius 3 is 2.61 bits per heavy atom. The quantitative estimate of drug-likeness (QED) is 0.365. The first kappa shape index (κ1) is 24.7. The highest BCUT2D eigenvalue weighted by molar-refractivity contribution is 8.15. The van der Waals surface area contributed by atoms with Crippen molar-refractivity contribution in [2.45, 2.75) is 30.7 Å². The summed E-state index contributed by atoms with van der Waals surface area (Å²) in [5.41, 5.74) is 6.57. The largest absolute Gasteiger partial charge is 0.383 e. The number of carbonyl (C=O) groups is 1. The van der Waals surface area contributed by atoms with Crippen molar-refractivity contribution in [3.8, 4) is 0 Å². The Morgan fingerprint density at radius 1 is 1.27 bits per heavy atom. The second-order valence-corrected chi connectivity index (χ2v) is 9.11. The summed E-state index contributed by atoms with van der Waals surface area (Å²) in [6.45, 7) is 1.74. The summed E-state index contributed by atoms with van der Waals surface area (Å²) >= 11 is 1.15. The minimum Gasteiger partial charge on any atom is -0.383 e. The van der Waals surface area contributed by atoms with Crippen LogP contribution >= 0.6 is 11.8 Å². The van der Waals surface area contributed by atoms with Gasteiger partial charge in [-0.1, -0.05) is 42.1 Å². The molecule has 2 aromatic rings. The van der Waals surface area contributed by atoms with E-state index in [0.717, 1.165) is 35.5 Å². The molecule has 1 aliphatic rings. The predicted octanol–water partition coefficient (Wildman–Crippen LogP) is 3.09. The molecule has 0 aromatic heterocycles. The van der Waals surface area contributed by atoms with Gasteiger partial charge in [-0.05, 0) is 43.5 Å². The first-order valence-corrected chi connectivity index (χ1v) is 11.3. The molecule has 0 aliphatic carbocycles. The number of rotatable bonds is 7. The molecule has 1 heterocycles. The fourth-order valence-electron chi connectivity index (χ4n) is 3.40. The van der Waals surface area contributed by atoms with Crippen LogP contribution in [0, 0.1) is 11.6 Å². The van der Waals surface area contributed by atoms with Crippen molar-refractivity contribution in [1.82, 2.24) is 9.91 Å². The lowest BCUT2D eigenvalue weighted by atomic mass is 10.00. The first-order chi connectivity index (χ1) is 15.7. The maximum absolute atomic E-state index is 14.6. The zero-order chi connectivity index (χ0) is 24.2. The van der Waals surface area contributed by atoms with E-state index in [9.17, 15) is 18.7 Å². The number of benzene rings is 2. The topological polar surface area (TPSA) is 94.5 Å². The highest BCUT2D eigenvalue weighted by Crippen LogP contribution is 2.50. The van der Waals surface area contributed by atoms with Crippen LogP contribution in [0.4, 0.5) is 8.78 Å². The van der Waals surface area contributed by atoms with Crippen molar-refractivity contribution in [2.24, 2.45) is 15.8 Å². The zero-order valence-electron chi connectivity index (χ0n) is 18.7. The van der Waals surface area contributed by atoms with Crippen molar-refractivity contribution < 1.29 is 18.7 Å². The standard InChI is InChI=1S/C23H27F2N5O2S/c1-15(31)21(32)30-23(16-8-5-4-6-9-16,12-7-13-27-22(26)29(2)3)33-20(28-30)18-14-17(24)10-11-19(18)25/h4-6,8-11,14-15,31H,7,12-13H2,1-3H3,(H2,26,27)/t15-,23?/m0/s1. The van der Waals surface area contributed by atoms with Gasteiger partial charge in [0.25, 0.3) is 5.91 Å². The molecule has 3 N–H and O–H groups in total. The van der Waals surface area contributed by atoms with Gasteiger partial charge < -0.3 is 15.7 Å². The average molecular weight is 476 g/mol. The lowest BCUT2D eigenvalue weighted by Gasteiger charge is -2.36. The Balaban J connectivity index is 2.05. The van der Waals surface area contributed by atoms with E-state index < -0.39 is 28.5 Å². The molecule has 0 fully saturated rings. The lowest BCUT2D eigenvalue weighted by molar-refractivity contribution is -0.143. The Hall–Kier alpha value is -2.98. The number of hydrazone groups is 1. The molecule has 176 valence electrons. The molecule has 0 saturated carbocycles. The van der Waals surface area contributed by atoms with Gasteiger partial charge in [0, 0.05) is 26.2 Å². The zero-order valence-corrected chi connectivity index (χ0v) is 19.5. The number of hydrogen-bond acceptors (Lipinski definition) is 5. The second kappa shape index (κ2) is 10.3. The van der Waals surface area contributed by atoms with Gasteiger partial charge in [0.05, 0.1) is 0 Å². The molecule has 0 radical (unpaired) electrons. The van der Waals surface area contributed by atoms with E-state index >= 15 is 0 Å². The minimum absolute atomic E-state index is 0.0453. The lowest BCUT2D eigenvalue weighted by Crippen LogP contribution is -2.45. The molecule has 1 unspecified atom stereocenters. The van der Waals surface area contributed by atoms with Crippen LogP contribution in [0.1, 0.15) is 30.9 Å². The smallest absolute Gasteiger partial charge is 0.272 e. The monoisotopic (exact) mass is 475 g/mol. The highest BCUT2D eigenvalue weighted by atomic mass is 32.2. The van der Waals surface area contributed by atoms with E-state index in [1.165, 1.54) is 11.9 Å². The summed E-state index contributed by atoms with van der Waals surface area (Å²) in [6.07, 6.45) is -0.431. The maximum Gasteiger partial charge on any atom is 0.272 e. The Bertz CT molecular complexity index is 1060. The molecule has 0 bridgehead atoms. The van der Waals surface area contributed by atoms with Crippen LogP contribution in [-0.4, -0.2) is 58.7 Å². The van der Waals surface area contributed by atoms with E-state index in [0.29, 0.717) is 25.3 Å². The fourth-order valence-corrected chi connectivity index (χ4v) is 4.83. The number of nitrogens with zero attached hydrogens (tertiary/aromatic N) is 4. The highest BCUT2D eigenvalue weighted by Gasteiger charge is 2.49. The summed E-state index contributed by atoms with van der Waals surface area (Å²) in [5.74, 6) is -1.54. The van der Waals surface area contributed by atoms with E-state index in [-0.39, 0.29) is 10.6 Å². The van der Waals surface area contributed by atoms with Gasteiger partial charge in [-0.3, -0.25) is 9.79 Å². The molecule has 2 atom stereocenters. The van der Waals surface area contributed by atoms with Crippen molar-refractivity contribution in [3.05, 3.63) is 71.3 Å². The van der Waals surface area contributed by atoms with Crippen LogP contribution < -0.4 is 5.73 Å². The third kappa shape index (κ3) is 5.33. The number of aliphatic hydroxyl groups excluding tert-OH is 1. The summed E-state index contributed by atoms with van der Waals surface area (Å²) in [6, 6.07) is 12.3. The van der Waals surface area contributed by atoms with Gasteiger partial charge in [0.2, 0.25) is 0 Å². The van der Waals surface area contributed by atoms with Crippen molar-refractivity contribution in [2.75, 3.05) is 20.6 Å². The van der Waals surface area contributed by atoms with Crippen molar-refractivity contribution in [1.29, 1.82) is 0 Å². The molecule has 1 aliphatic heterocycles. The number of hydrogen-bond donors (Lipinski definition) is 2. The number of nitrogens with two attached hydrogens (primary N) is 1. The molecular formula is C23H27F2N5O2S. The third-order valence-corrected chi connectivity index (χ3v) is 6.60. The fraction of sp³-hybridized carbons (Fsp3) is 0.348. The Kier molecular flexibility index (Phi) is 7.70. The van der Waals surface area contributed by atoms with E-state index in [1.54, 1.807) is 19.0 Å².